The van der Waals surface area contributed by atoms with Crippen LogP contribution in [-0.4, -0.2) is 18.0 Å². The Kier molecular flexibility index (Phi) is 3.69. The summed E-state index contributed by atoms with van der Waals surface area (Å²) in [6.07, 6.45) is 3.39. The highest BCUT2D eigenvalue weighted by atomic mass is 16.6. The standard InChI is InChI=1S/C13H19N3O2/c1-2-10-6-8-15(9-7-10)12-5-3-4-11(14)13(12)16(17)18/h3-5,10H,2,6-9,14H2,1H3. The maximum absolute atomic E-state index is 11.1. The summed E-state index contributed by atoms with van der Waals surface area (Å²) in [5.41, 5.74) is 6.67. The van der Waals surface area contributed by atoms with E-state index in [0.717, 1.165) is 31.8 Å². The monoisotopic (exact) mass is 249 g/mol. The molecule has 1 aliphatic heterocycles. The molecule has 1 heterocycles. The molecule has 0 atom stereocenters. The van der Waals surface area contributed by atoms with Crippen LogP contribution in [0.15, 0.2) is 18.2 Å². The molecule has 2 rings (SSSR count). The van der Waals surface area contributed by atoms with E-state index in [1.807, 2.05) is 0 Å². The predicted molar refractivity (Wildman–Crippen MR) is 72.7 cm³/mol. The van der Waals surface area contributed by atoms with E-state index in [0.29, 0.717) is 5.69 Å². The molecule has 2 N–H and O–H groups in total. The van der Waals surface area contributed by atoms with E-state index in [2.05, 4.69) is 11.8 Å². The third kappa shape index (κ3) is 2.39. The number of benzene rings is 1. The molecule has 0 spiro atoms. The summed E-state index contributed by atoms with van der Waals surface area (Å²) in [6.45, 7) is 3.95. The van der Waals surface area contributed by atoms with Crippen molar-refractivity contribution in [1.29, 1.82) is 0 Å². The van der Waals surface area contributed by atoms with E-state index in [1.165, 1.54) is 6.42 Å². The van der Waals surface area contributed by atoms with Crippen molar-refractivity contribution in [2.24, 2.45) is 5.92 Å². The summed E-state index contributed by atoms with van der Waals surface area (Å²) >= 11 is 0. The Morgan fingerprint density at radius 1 is 1.44 bits per heavy atom. The van der Waals surface area contributed by atoms with Crippen LogP contribution in [0.3, 0.4) is 0 Å². The van der Waals surface area contributed by atoms with Gasteiger partial charge in [0.1, 0.15) is 11.4 Å². The first-order valence-electron chi connectivity index (χ1n) is 6.41. The van der Waals surface area contributed by atoms with Gasteiger partial charge in [0.15, 0.2) is 0 Å². The molecule has 1 aromatic rings. The fraction of sp³-hybridized carbons (Fsp3) is 0.538. The van der Waals surface area contributed by atoms with E-state index in [-0.39, 0.29) is 16.3 Å². The minimum absolute atomic E-state index is 0.0486. The van der Waals surface area contributed by atoms with E-state index in [1.54, 1.807) is 18.2 Å². The van der Waals surface area contributed by atoms with E-state index in [4.69, 9.17) is 5.73 Å². The highest BCUT2D eigenvalue weighted by molar-refractivity contribution is 5.75. The van der Waals surface area contributed by atoms with Crippen LogP contribution in [0.1, 0.15) is 26.2 Å². The molecule has 1 aromatic carbocycles. The second-order valence-electron chi connectivity index (χ2n) is 4.81. The molecule has 0 unspecified atom stereocenters. The maximum Gasteiger partial charge on any atom is 0.315 e. The Labute approximate surface area is 107 Å². The molecular formula is C13H19N3O2. The third-order valence-electron chi connectivity index (χ3n) is 3.76. The highest BCUT2D eigenvalue weighted by Gasteiger charge is 2.25. The van der Waals surface area contributed by atoms with Gasteiger partial charge in [0.2, 0.25) is 0 Å². The number of anilines is 2. The van der Waals surface area contributed by atoms with Gasteiger partial charge in [0.05, 0.1) is 4.92 Å². The predicted octanol–water partition coefficient (Wildman–Crippen LogP) is 2.80. The summed E-state index contributed by atoms with van der Waals surface area (Å²) in [5.74, 6) is 0.751. The number of nitro benzene ring substituents is 1. The van der Waals surface area contributed by atoms with E-state index in [9.17, 15) is 10.1 Å². The Hall–Kier alpha value is -1.78. The zero-order valence-corrected chi connectivity index (χ0v) is 10.6. The van der Waals surface area contributed by atoms with Gasteiger partial charge in [-0.1, -0.05) is 19.4 Å². The van der Waals surface area contributed by atoms with Crippen molar-refractivity contribution in [1.82, 2.24) is 0 Å². The Morgan fingerprint density at radius 2 is 2.11 bits per heavy atom. The molecule has 18 heavy (non-hydrogen) atoms. The SMILES string of the molecule is CCC1CCN(c2cccc(N)c2[N+](=O)[O-])CC1. The zero-order chi connectivity index (χ0) is 13.1. The topological polar surface area (TPSA) is 72.4 Å². The van der Waals surface area contributed by atoms with Gasteiger partial charge in [-0.2, -0.15) is 0 Å². The van der Waals surface area contributed by atoms with Gasteiger partial charge in [0, 0.05) is 13.1 Å². The number of nitrogens with zero attached hydrogens (tertiary/aromatic N) is 2. The van der Waals surface area contributed by atoms with Crippen LogP contribution in [0.5, 0.6) is 0 Å². The molecule has 1 fully saturated rings. The molecule has 0 amide bonds. The van der Waals surface area contributed by atoms with Crippen molar-refractivity contribution < 1.29 is 4.92 Å². The van der Waals surface area contributed by atoms with Gasteiger partial charge in [0.25, 0.3) is 0 Å². The quantitative estimate of drug-likeness (QED) is 0.508. The minimum atomic E-state index is -0.378. The molecule has 0 saturated carbocycles. The lowest BCUT2D eigenvalue weighted by Gasteiger charge is -2.32. The molecular weight excluding hydrogens is 230 g/mol. The van der Waals surface area contributed by atoms with Crippen LogP contribution in [0.4, 0.5) is 17.1 Å². The average molecular weight is 249 g/mol. The highest BCUT2D eigenvalue weighted by Crippen LogP contribution is 2.35. The molecule has 98 valence electrons. The number of rotatable bonds is 3. The lowest BCUT2D eigenvalue weighted by atomic mass is 9.94. The normalized spacial score (nSPS) is 16.8. The van der Waals surface area contributed by atoms with Crippen molar-refractivity contribution in [2.45, 2.75) is 26.2 Å². The number of piperidine rings is 1. The molecule has 5 nitrogen and oxygen atoms in total. The summed E-state index contributed by atoms with van der Waals surface area (Å²) in [5, 5.41) is 11.1. The Balaban J connectivity index is 2.24. The molecule has 0 aliphatic carbocycles. The Morgan fingerprint density at radius 3 is 2.67 bits per heavy atom. The van der Waals surface area contributed by atoms with Crippen LogP contribution < -0.4 is 10.6 Å². The van der Waals surface area contributed by atoms with Crippen LogP contribution in [0.25, 0.3) is 0 Å². The number of para-hydroxylation sites is 1. The van der Waals surface area contributed by atoms with Crippen molar-refractivity contribution in [2.75, 3.05) is 23.7 Å². The summed E-state index contributed by atoms with van der Waals surface area (Å²) in [7, 11) is 0. The first kappa shape index (κ1) is 12.7. The van der Waals surface area contributed by atoms with Crippen molar-refractivity contribution in [3.8, 4) is 0 Å². The summed E-state index contributed by atoms with van der Waals surface area (Å²) in [4.78, 5) is 12.8. The first-order valence-corrected chi connectivity index (χ1v) is 6.41. The van der Waals surface area contributed by atoms with Crippen molar-refractivity contribution in [3.63, 3.8) is 0 Å². The van der Waals surface area contributed by atoms with Gasteiger partial charge in [-0.05, 0) is 30.9 Å². The number of nitrogen functional groups attached to an aromatic ring is 1. The van der Waals surface area contributed by atoms with Crippen LogP contribution in [-0.2, 0) is 0 Å². The fourth-order valence-electron chi connectivity index (χ4n) is 2.58. The fourth-order valence-corrected chi connectivity index (χ4v) is 2.58. The first-order chi connectivity index (χ1) is 8.63. The van der Waals surface area contributed by atoms with Crippen LogP contribution in [0, 0.1) is 16.0 Å². The second-order valence-corrected chi connectivity index (χ2v) is 4.81. The Bertz CT molecular complexity index is 440. The zero-order valence-electron chi connectivity index (χ0n) is 10.6. The number of hydrogen-bond acceptors (Lipinski definition) is 4. The summed E-state index contributed by atoms with van der Waals surface area (Å²) in [6, 6.07) is 5.16. The lowest BCUT2D eigenvalue weighted by Crippen LogP contribution is -2.33. The second kappa shape index (κ2) is 5.25. The molecule has 0 radical (unpaired) electrons. The minimum Gasteiger partial charge on any atom is -0.393 e. The number of nitro groups is 1. The number of hydrogen-bond donors (Lipinski definition) is 1. The smallest absolute Gasteiger partial charge is 0.315 e. The molecule has 0 aromatic heterocycles. The molecule has 5 heteroatoms. The van der Waals surface area contributed by atoms with E-state index < -0.39 is 0 Å². The van der Waals surface area contributed by atoms with Crippen molar-refractivity contribution in [3.05, 3.63) is 28.3 Å². The van der Waals surface area contributed by atoms with Gasteiger partial charge in [-0.15, -0.1) is 0 Å². The van der Waals surface area contributed by atoms with Gasteiger partial charge < -0.3 is 10.6 Å². The molecule has 1 aliphatic rings. The summed E-state index contributed by atoms with van der Waals surface area (Å²) < 4.78 is 0. The maximum atomic E-state index is 11.1. The molecule has 0 bridgehead atoms. The van der Waals surface area contributed by atoms with Gasteiger partial charge >= 0.3 is 5.69 Å². The average Bonchev–Trinajstić information content (AvgIpc) is 2.38. The van der Waals surface area contributed by atoms with E-state index >= 15 is 0 Å². The number of nitrogens with two attached hydrogens (primary N) is 1. The largest absolute Gasteiger partial charge is 0.393 e. The van der Waals surface area contributed by atoms with Crippen molar-refractivity contribution >= 4 is 17.1 Å². The van der Waals surface area contributed by atoms with Gasteiger partial charge in [-0.25, -0.2) is 0 Å². The third-order valence-corrected chi connectivity index (χ3v) is 3.76. The molecule has 1 saturated heterocycles. The van der Waals surface area contributed by atoms with Crippen LogP contribution >= 0.6 is 0 Å². The lowest BCUT2D eigenvalue weighted by molar-refractivity contribution is -0.383. The van der Waals surface area contributed by atoms with Gasteiger partial charge in [-0.3, -0.25) is 10.1 Å². The van der Waals surface area contributed by atoms with Crippen LogP contribution in [0.2, 0.25) is 0 Å².